The highest BCUT2D eigenvalue weighted by Crippen LogP contribution is 2.45. The molecule has 2 aromatic rings. The van der Waals surface area contributed by atoms with Crippen molar-refractivity contribution >= 4 is 44.6 Å². The van der Waals surface area contributed by atoms with Crippen LogP contribution in [0, 0.1) is 0 Å². The van der Waals surface area contributed by atoms with Crippen molar-refractivity contribution in [1.82, 2.24) is 20.3 Å². The summed E-state index contributed by atoms with van der Waals surface area (Å²) in [6, 6.07) is 1.39. The molecule has 2 unspecified atom stereocenters. The van der Waals surface area contributed by atoms with Gasteiger partial charge in [0.05, 0.1) is 17.0 Å². The van der Waals surface area contributed by atoms with Gasteiger partial charge in [0.2, 0.25) is 10.0 Å². The van der Waals surface area contributed by atoms with Crippen LogP contribution in [0.1, 0.15) is 85.0 Å². The van der Waals surface area contributed by atoms with Crippen LogP contribution in [0.3, 0.4) is 0 Å². The summed E-state index contributed by atoms with van der Waals surface area (Å²) in [6.45, 7) is 12.4. The number of hydrogen-bond acceptors (Lipinski definition) is 7. The minimum absolute atomic E-state index is 0.0443. The molecule has 2 amide bonds. The number of alkyl halides is 1. The van der Waals surface area contributed by atoms with E-state index in [9.17, 15) is 22.4 Å². The van der Waals surface area contributed by atoms with Crippen molar-refractivity contribution in [2.45, 2.75) is 95.7 Å². The lowest BCUT2D eigenvalue weighted by molar-refractivity contribution is 0.0492. The molecule has 0 saturated carbocycles. The predicted molar refractivity (Wildman–Crippen MR) is 146 cm³/mol. The Bertz CT molecular complexity index is 1380. The first kappa shape index (κ1) is 30.8. The van der Waals surface area contributed by atoms with Gasteiger partial charge < -0.3 is 20.1 Å². The fourth-order valence-corrected chi connectivity index (χ4v) is 5.78. The average Bonchev–Trinajstić information content (AvgIpc) is 3.05. The summed E-state index contributed by atoms with van der Waals surface area (Å²) in [5.41, 5.74) is -2.36. The number of carbonyl (C=O) groups is 2. The first-order valence-electron chi connectivity index (χ1n) is 12.4. The van der Waals surface area contributed by atoms with Gasteiger partial charge in [-0.3, -0.25) is 0 Å². The Kier molecular flexibility index (Phi) is 8.46. The lowest BCUT2D eigenvalue weighted by Crippen LogP contribution is -2.36. The number of amides is 2. The van der Waals surface area contributed by atoms with Gasteiger partial charge in [0.1, 0.15) is 22.0 Å². The molecular weight excluding hydrogens is 551 g/mol. The van der Waals surface area contributed by atoms with Gasteiger partial charge in [-0.05, 0) is 85.1 Å². The number of rotatable bonds is 6. The van der Waals surface area contributed by atoms with Gasteiger partial charge in [0.15, 0.2) is 0 Å². The van der Waals surface area contributed by atoms with Gasteiger partial charge in [0, 0.05) is 23.5 Å². The monoisotopic (exact) mass is 586 g/mol. The van der Waals surface area contributed by atoms with Crippen molar-refractivity contribution < 1.29 is 31.9 Å². The molecule has 3 N–H and O–H groups in total. The molecular formula is C26H36ClFN4O6S. The van der Waals surface area contributed by atoms with Crippen molar-refractivity contribution in [3.05, 3.63) is 34.6 Å². The maximum atomic E-state index is 14.2. The summed E-state index contributed by atoms with van der Waals surface area (Å²) >= 11 is 6.14. The van der Waals surface area contributed by atoms with Crippen molar-refractivity contribution in [3.8, 4) is 0 Å². The lowest BCUT2D eigenvalue weighted by atomic mass is 10.00. The van der Waals surface area contributed by atoms with E-state index in [1.807, 2.05) is 0 Å². The Hall–Kier alpha value is -2.70. The number of carbonyl (C=O) groups excluding carboxylic acids is 2. The predicted octanol–water partition coefficient (Wildman–Crippen LogP) is 5.45. The molecule has 39 heavy (non-hydrogen) atoms. The Morgan fingerprint density at radius 1 is 0.974 bits per heavy atom. The number of sulfonamides is 1. The zero-order valence-electron chi connectivity index (χ0n) is 23.4. The van der Waals surface area contributed by atoms with Crippen molar-refractivity contribution in [1.29, 1.82) is 0 Å². The van der Waals surface area contributed by atoms with Crippen molar-refractivity contribution in [2.24, 2.45) is 0 Å². The van der Waals surface area contributed by atoms with Crippen LogP contribution in [-0.4, -0.2) is 49.0 Å². The van der Waals surface area contributed by atoms with E-state index in [2.05, 4.69) is 20.3 Å². The van der Waals surface area contributed by atoms with E-state index in [4.69, 9.17) is 21.1 Å². The quantitative estimate of drug-likeness (QED) is 0.383. The number of halogens is 2. The first-order chi connectivity index (χ1) is 17.7. The molecule has 1 aromatic heterocycles. The number of pyridine rings is 1. The molecule has 0 radical (unpaired) electrons. The second-order valence-corrected chi connectivity index (χ2v) is 14.2. The van der Waals surface area contributed by atoms with E-state index >= 15 is 0 Å². The fourth-order valence-electron chi connectivity index (χ4n) is 4.19. The second-order valence-electron chi connectivity index (χ2n) is 12.1. The molecule has 0 fully saturated rings. The molecule has 10 nitrogen and oxygen atoms in total. The summed E-state index contributed by atoms with van der Waals surface area (Å²) in [5.74, 6) is 0. The molecule has 0 aliphatic heterocycles. The third-order valence-electron chi connectivity index (χ3n) is 5.57. The van der Waals surface area contributed by atoms with Gasteiger partial charge in [-0.25, -0.2) is 32.1 Å². The third kappa shape index (κ3) is 8.15. The van der Waals surface area contributed by atoms with Crippen LogP contribution in [-0.2, 0) is 19.5 Å². The van der Waals surface area contributed by atoms with Crippen molar-refractivity contribution in [2.75, 3.05) is 6.54 Å². The van der Waals surface area contributed by atoms with Gasteiger partial charge >= 0.3 is 12.2 Å². The van der Waals surface area contributed by atoms with E-state index in [1.54, 1.807) is 41.5 Å². The number of fused-ring (bicyclic) bond motifs is 3. The average molecular weight is 587 g/mol. The maximum Gasteiger partial charge on any atom is 0.408 e. The second kappa shape index (κ2) is 10.7. The number of aromatic nitrogens is 1. The van der Waals surface area contributed by atoms with Gasteiger partial charge in [-0.2, -0.15) is 0 Å². The minimum atomic E-state index is -4.24. The summed E-state index contributed by atoms with van der Waals surface area (Å²) in [5, 5.41) is 6.27. The van der Waals surface area contributed by atoms with Crippen LogP contribution in [0.15, 0.2) is 23.2 Å². The summed E-state index contributed by atoms with van der Waals surface area (Å²) in [4.78, 5) is 29.4. The SMILES string of the molecule is CC(C)(F)CNS(=O)(=O)c1cc2c(c3cnc(Cl)cc13)C(NC(=O)OC(C)(C)C)CC2NC(=O)OC(C)(C)C. The molecule has 0 bridgehead atoms. The van der Waals surface area contributed by atoms with Crippen LogP contribution in [0.2, 0.25) is 5.15 Å². The minimum Gasteiger partial charge on any atom is -0.444 e. The summed E-state index contributed by atoms with van der Waals surface area (Å²) in [7, 11) is -4.24. The van der Waals surface area contributed by atoms with Gasteiger partial charge in [-0.15, -0.1) is 0 Å². The standard InChI is InChI=1S/C26H36ClFN4O6S/c1-24(2,3)37-22(33)31-17-11-18(32-23(34)38-25(4,5)6)21-15(17)9-19(14-10-20(27)29-12-16(14)21)39(35,36)30-13-26(7,8)28/h9-10,12,17-18,30H,11,13H2,1-8H3,(H,31,33)(H,32,34). The largest absolute Gasteiger partial charge is 0.444 e. The molecule has 1 aliphatic rings. The van der Waals surface area contributed by atoms with E-state index < -0.39 is 57.7 Å². The van der Waals surface area contributed by atoms with Crippen LogP contribution in [0.4, 0.5) is 14.0 Å². The Labute approximate surface area is 233 Å². The Morgan fingerprint density at radius 3 is 2.03 bits per heavy atom. The van der Waals surface area contributed by atoms with Gasteiger partial charge in [0.25, 0.3) is 0 Å². The zero-order chi connectivity index (χ0) is 29.6. The highest BCUT2D eigenvalue weighted by Gasteiger charge is 2.38. The van der Waals surface area contributed by atoms with E-state index in [0.29, 0.717) is 16.5 Å². The molecule has 2 atom stereocenters. The number of hydrogen-bond donors (Lipinski definition) is 3. The normalized spacial score (nSPS) is 18.0. The van der Waals surface area contributed by atoms with E-state index in [-0.39, 0.29) is 21.9 Å². The number of alkyl carbamates (subject to hydrolysis) is 2. The molecule has 1 heterocycles. The Balaban J connectivity index is 2.17. The number of nitrogens with zero attached hydrogens (tertiary/aromatic N) is 1. The van der Waals surface area contributed by atoms with Crippen molar-refractivity contribution in [3.63, 3.8) is 0 Å². The highest BCUT2D eigenvalue weighted by atomic mass is 35.5. The van der Waals surface area contributed by atoms with Gasteiger partial charge in [-0.1, -0.05) is 11.6 Å². The lowest BCUT2D eigenvalue weighted by Gasteiger charge is -2.23. The highest BCUT2D eigenvalue weighted by molar-refractivity contribution is 7.89. The summed E-state index contributed by atoms with van der Waals surface area (Å²) < 4.78 is 54.1. The Morgan fingerprint density at radius 2 is 1.51 bits per heavy atom. The zero-order valence-corrected chi connectivity index (χ0v) is 24.9. The topological polar surface area (TPSA) is 136 Å². The fraction of sp³-hybridized carbons (Fsp3) is 0.577. The molecule has 1 aromatic carbocycles. The third-order valence-corrected chi connectivity index (χ3v) is 7.22. The molecule has 216 valence electrons. The molecule has 13 heteroatoms. The molecule has 1 aliphatic carbocycles. The van der Waals surface area contributed by atoms with E-state index in [0.717, 1.165) is 0 Å². The molecule has 0 saturated heterocycles. The number of ether oxygens (including phenoxy) is 2. The number of nitrogens with one attached hydrogen (secondary N) is 3. The van der Waals surface area contributed by atoms with Crippen LogP contribution in [0.5, 0.6) is 0 Å². The number of benzene rings is 1. The van der Waals surface area contributed by atoms with E-state index in [1.165, 1.54) is 32.2 Å². The van der Waals surface area contributed by atoms with Crippen LogP contribution in [0.25, 0.3) is 10.8 Å². The molecule has 0 spiro atoms. The first-order valence-corrected chi connectivity index (χ1v) is 14.3. The molecule has 3 rings (SSSR count). The summed E-state index contributed by atoms with van der Waals surface area (Å²) in [6.07, 6.45) is 0.191. The van der Waals surface area contributed by atoms with Crippen LogP contribution < -0.4 is 15.4 Å². The maximum absolute atomic E-state index is 14.2. The smallest absolute Gasteiger partial charge is 0.408 e. The van der Waals surface area contributed by atoms with Crippen LogP contribution >= 0.6 is 11.6 Å².